The van der Waals surface area contributed by atoms with Gasteiger partial charge in [-0.05, 0) is 24.3 Å². The van der Waals surface area contributed by atoms with Gasteiger partial charge in [-0.1, -0.05) is 97.1 Å². The highest BCUT2D eigenvalue weighted by molar-refractivity contribution is 6.05. The Bertz CT molecular complexity index is 1760. The van der Waals surface area contributed by atoms with Crippen molar-refractivity contribution in [1.82, 2.24) is 30.2 Å². The number of anilines is 2. The predicted molar refractivity (Wildman–Crippen MR) is 171 cm³/mol. The molecule has 10 heteroatoms. The number of carbonyl (C=O) groups excluding carboxylic acids is 2. The Labute approximate surface area is 253 Å². The molecule has 0 spiro atoms. The number of amides is 2. The van der Waals surface area contributed by atoms with Crippen molar-refractivity contribution in [2.45, 2.75) is 0 Å². The molecule has 2 amide bonds. The van der Waals surface area contributed by atoms with Crippen LogP contribution in [0, 0.1) is 0 Å². The third-order valence-electron chi connectivity index (χ3n) is 7.09. The highest BCUT2D eigenvalue weighted by atomic mass is 16.2. The van der Waals surface area contributed by atoms with Gasteiger partial charge in [0, 0.05) is 24.2 Å². The van der Waals surface area contributed by atoms with E-state index in [9.17, 15) is 9.59 Å². The fourth-order valence-electron chi connectivity index (χ4n) is 4.97. The van der Waals surface area contributed by atoms with Crippen LogP contribution in [0.25, 0.3) is 33.9 Å². The van der Waals surface area contributed by atoms with Gasteiger partial charge in [0.05, 0.1) is 11.4 Å². The average Bonchev–Trinajstić information content (AvgIpc) is 3.61. The standard InChI is InChI=1S/C34H30N8O2/c35-31-27(29(23-13-5-1-6-14-23)39-41(31)25-17-9-3-10-18-25)33(43)37-21-22-38-34(44)28-30(24-15-7-2-8-16-24)40-42(32(28)36)26-19-11-4-12-20-26/h1-20H,21-22,35-36H2,(H,37,43)(H,38,44). The van der Waals surface area contributed by atoms with Gasteiger partial charge in [0.1, 0.15) is 34.2 Å². The molecular formula is C34H30N8O2. The van der Waals surface area contributed by atoms with Crippen LogP contribution in [0.2, 0.25) is 0 Å². The van der Waals surface area contributed by atoms with E-state index in [1.54, 1.807) is 9.36 Å². The quantitative estimate of drug-likeness (QED) is 0.182. The van der Waals surface area contributed by atoms with Gasteiger partial charge in [-0.15, -0.1) is 0 Å². The normalized spacial score (nSPS) is 10.8. The van der Waals surface area contributed by atoms with Crippen LogP contribution < -0.4 is 22.1 Å². The van der Waals surface area contributed by atoms with E-state index in [0.29, 0.717) is 11.4 Å². The highest BCUT2D eigenvalue weighted by Gasteiger charge is 2.25. The number of benzene rings is 4. The second kappa shape index (κ2) is 12.4. The summed E-state index contributed by atoms with van der Waals surface area (Å²) in [4.78, 5) is 27.0. The number of para-hydroxylation sites is 2. The van der Waals surface area contributed by atoms with Gasteiger partial charge in [-0.25, -0.2) is 9.36 Å². The first kappa shape index (κ1) is 28.0. The van der Waals surface area contributed by atoms with E-state index in [0.717, 1.165) is 22.5 Å². The Kier molecular flexibility index (Phi) is 7.87. The van der Waals surface area contributed by atoms with Gasteiger partial charge in [-0.3, -0.25) is 9.59 Å². The Morgan fingerprint density at radius 3 is 1.18 bits per heavy atom. The molecular weight excluding hydrogens is 552 g/mol. The maximum atomic E-state index is 13.5. The molecule has 0 radical (unpaired) electrons. The van der Waals surface area contributed by atoms with E-state index in [-0.39, 0.29) is 35.9 Å². The molecule has 0 saturated heterocycles. The van der Waals surface area contributed by atoms with E-state index < -0.39 is 11.8 Å². The number of nitrogens with one attached hydrogen (secondary N) is 2. The molecule has 6 N–H and O–H groups in total. The summed E-state index contributed by atoms with van der Waals surface area (Å²) in [5.41, 5.74) is 17.4. The van der Waals surface area contributed by atoms with Crippen LogP contribution >= 0.6 is 0 Å². The molecule has 0 aliphatic carbocycles. The topological polar surface area (TPSA) is 146 Å². The van der Waals surface area contributed by atoms with Crippen LogP contribution in [-0.2, 0) is 0 Å². The molecule has 2 heterocycles. The molecule has 10 nitrogen and oxygen atoms in total. The molecule has 4 aromatic carbocycles. The van der Waals surface area contributed by atoms with Crippen molar-refractivity contribution in [3.05, 3.63) is 132 Å². The van der Waals surface area contributed by atoms with Gasteiger partial charge in [0.2, 0.25) is 0 Å². The summed E-state index contributed by atoms with van der Waals surface area (Å²) in [5.74, 6) is -0.381. The SMILES string of the molecule is Nc1c(C(=O)NCCNC(=O)c2c(-c3ccccc3)nn(-c3ccccc3)c2N)c(-c2ccccc2)nn1-c1ccccc1. The Morgan fingerprint density at radius 2 is 0.841 bits per heavy atom. The average molecular weight is 583 g/mol. The van der Waals surface area contributed by atoms with Crippen LogP contribution in [0.4, 0.5) is 11.6 Å². The number of rotatable bonds is 9. The van der Waals surface area contributed by atoms with Gasteiger partial charge < -0.3 is 22.1 Å². The summed E-state index contributed by atoms with van der Waals surface area (Å²) in [6.45, 7) is 0.282. The second-order valence-electron chi connectivity index (χ2n) is 9.96. The Morgan fingerprint density at radius 1 is 0.523 bits per heavy atom. The molecule has 0 atom stereocenters. The number of nitrogens with two attached hydrogens (primary N) is 2. The van der Waals surface area contributed by atoms with Crippen LogP contribution in [0.5, 0.6) is 0 Å². The fraction of sp³-hybridized carbons (Fsp3) is 0.0588. The third kappa shape index (κ3) is 5.51. The first-order valence-electron chi connectivity index (χ1n) is 14.1. The smallest absolute Gasteiger partial charge is 0.257 e. The predicted octanol–water partition coefficient (Wildman–Crippen LogP) is 4.72. The molecule has 0 unspecified atom stereocenters. The zero-order valence-electron chi connectivity index (χ0n) is 23.7. The van der Waals surface area contributed by atoms with Crippen LogP contribution in [0.1, 0.15) is 20.7 Å². The molecule has 44 heavy (non-hydrogen) atoms. The van der Waals surface area contributed by atoms with E-state index in [1.165, 1.54) is 0 Å². The van der Waals surface area contributed by atoms with Crippen LogP contribution in [-0.4, -0.2) is 44.5 Å². The lowest BCUT2D eigenvalue weighted by Gasteiger charge is -2.09. The number of carbonyl (C=O) groups is 2. The Hall–Kier alpha value is -6.16. The molecule has 0 aliphatic heterocycles. The molecule has 0 bridgehead atoms. The first-order chi connectivity index (χ1) is 21.5. The van der Waals surface area contributed by atoms with Crippen molar-refractivity contribution >= 4 is 23.5 Å². The summed E-state index contributed by atoms with van der Waals surface area (Å²) >= 11 is 0. The number of hydrogen-bond acceptors (Lipinski definition) is 6. The van der Waals surface area contributed by atoms with Crippen molar-refractivity contribution in [3.63, 3.8) is 0 Å². The zero-order valence-corrected chi connectivity index (χ0v) is 23.7. The minimum absolute atomic E-state index is 0.141. The van der Waals surface area contributed by atoms with Gasteiger partial charge in [0.25, 0.3) is 11.8 Å². The number of aromatic nitrogens is 4. The molecule has 2 aromatic heterocycles. The molecule has 218 valence electrons. The van der Waals surface area contributed by atoms with Crippen molar-refractivity contribution in [2.75, 3.05) is 24.6 Å². The van der Waals surface area contributed by atoms with Gasteiger partial charge in [-0.2, -0.15) is 10.2 Å². The summed E-state index contributed by atoms with van der Waals surface area (Å²) < 4.78 is 3.11. The van der Waals surface area contributed by atoms with E-state index in [2.05, 4.69) is 20.8 Å². The molecule has 0 fully saturated rings. The van der Waals surface area contributed by atoms with Crippen LogP contribution in [0.15, 0.2) is 121 Å². The lowest BCUT2D eigenvalue weighted by molar-refractivity contribution is 0.0929. The molecule has 0 saturated carbocycles. The summed E-state index contributed by atoms with van der Waals surface area (Å²) in [5, 5.41) is 15.1. The van der Waals surface area contributed by atoms with Crippen LogP contribution in [0.3, 0.4) is 0 Å². The summed E-state index contributed by atoms with van der Waals surface area (Å²) in [6, 6.07) is 37.5. The van der Waals surface area contributed by atoms with Crippen molar-refractivity contribution in [2.24, 2.45) is 0 Å². The maximum absolute atomic E-state index is 13.5. The first-order valence-corrected chi connectivity index (χ1v) is 14.1. The third-order valence-corrected chi connectivity index (χ3v) is 7.09. The minimum Gasteiger partial charge on any atom is -0.383 e. The van der Waals surface area contributed by atoms with Crippen molar-refractivity contribution < 1.29 is 9.59 Å². The zero-order chi connectivity index (χ0) is 30.5. The summed E-state index contributed by atoms with van der Waals surface area (Å²) in [7, 11) is 0. The van der Waals surface area contributed by atoms with E-state index in [4.69, 9.17) is 11.5 Å². The maximum Gasteiger partial charge on any atom is 0.257 e. The van der Waals surface area contributed by atoms with Crippen molar-refractivity contribution in [3.8, 4) is 33.9 Å². The van der Waals surface area contributed by atoms with Crippen molar-refractivity contribution in [1.29, 1.82) is 0 Å². The second-order valence-corrected chi connectivity index (χ2v) is 9.96. The van der Waals surface area contributed by atoms with E-state index >= 15 is 0 Å². The number of hydrogen-bond donors (Lipinski definition) is 4. The largest absolute Gasteiger partial charge is 0.383 e. The van der Waals surface area contributed by atoms with Gasteiger partial charge >= 0.3 is 0 Å². The van der Waals surface area contributed by atoms with E-state index in [1.807, 2.05) is 121 Å². The lowest BCUT2D eigenvalue weighted by Crippen LogP contribution is -2.35. The lowest BCUT2D eigenvalue weighted by atomic mass is 10.1. The van der Waals surface area contributed by atoms with Gasteiger partial charge in [0.15, 0.2) is 0 Å². The monoisotopic (exact) mass is 582 g/mol. The minimum atomic E-state index is -0.404. The highest BCUT2D eigenvalue weighted by Crippen LogP contribution is 2.30. The molecule has 6 aromatic rings. The molecule has 6 rings (SSSR count). The number of nitrogens with zero attached hydrogens (tertiary/aromatic N) is 4. The Balaban J connectivity index is 1.21. The fourth-order valence-corrected chi connectivity index (χ4v) is 4.97. The number of nitrogen functional groups attached to an aromatic ring is 2. The summed E-state index contributed by atoms with van der Waals surface area (Å²) in [6.07, 6.45) is 0. The molecule has 0 aliphatic rings.